The first-order valence-corrected chi connectivity index (χ1v) is 8.12. The molecule has 0 amide bonds. The molecule has 0 bridgehead atoms. The fraction of sp³-hybridized carbons (Fsp3) is 0.500. The highest BCUT2D eigenvalue weighted by atomic mass is 32.2. The van der Waals surface area contributed by atoms with Crippen molar-refractivity contribution in [2.45, 2.75) is 38.1 Å². The Bertz CT molecular complexity index is 610. The normalized spacial score (nSPS) is 11.9. The van der Waals surface area contributed by atoms with E-state index < -0.39 is 16.0 Å². The highest BCUT2D eigenvalue weighted by Crippen LogP contribution is 2.25. The molecule has 0 atom stereocenters. The summed E-state index contributed by atoms with van der Waals surface area (Å²) >= 11 is 0. The van der Waals surface area contributed by atoms with E-state index in [1.165, 1.54) is 23.5 Å². The number of hydrogen-bond acceptors (Lipinski definition) is 4. The van der Waals surface area contributed by atoms with Gasteiger partial charge in [-0.1, -0.05) is 6.92 Å². The van der Waals surface area contributed by atoms with Gasteiger partial charge in [-0.3, -0.25) is 0 Å². The molecular weight excluding hydrogens is 294 g/mol. The van der Waals surface area contributed by atoms with Crippen LogP contribution in [-0.4, -0.2) is 43.5 Å². The highest BCUT2D eigenvalue weighted by Gasteiger charge is 2.27. The number of carboxylic acids is 1. The largest absolute Gasteiger partial charge is 0.496 e. The minimum absolute atomic E-state index is 0.0390. The van der Waals surface area contributed by atoms with Crippen molar-refractivity contribution in [2.24, 2.45) is 0 Å². The predicted octanol–water partition coefficient (Wildman–Crippen LogP) is 2.20. The van der Waals surface area contributed by atoms with Gasteiger partial charge in [0.25, 0.3) is 0 Å². The lowest BCUT2D eigenvalue weighted by molar-refractivity contribution is 0.0693. The maximum atomic E-state index is 12.6. The van der Waals surface area contributed by atoms with E-state index in [2.05, 4.69) is 0 Å². The molecule has 1 N–H and O–H groups in total. The van der Waals surface area contributed by atoms with Crippen LogP contribution in [-0.2, 0) is 10.0 Å². The molecule has 0 aliphatic carbocycles. The number of hydrogen-bond donors (Lipinski definition) is 1. The van der Waals surface area contributed by atoms with Crippen LogP contribution in [0.25, 0.3) is 0 Å². The number of nitrogens with zero attached hydrogens (tertiary/aromatic N) is 1. The molecule has 1 rings (SSSR count). The van der Waals surface area contributed by atoms with Gasteiger partial charge in [0.2, 0.25) is 10.0 Å². The molecule has 0 heterocycles. The first kappa shape index (κ1) is 17.5. The molecule has 21 heavy (non-hydrogen) atoms. The van der Waals surface area contributed by atoms with Crippen molar-refractivity contribution in [3.8, 4) is 5.75 Å². The molecule has 0 saturated heterocycles. The minimum atomic E-state index is -3.73. The van der Waals surface area contributed by atoms with E-state index in [9.17, 15) is 13.2 Å². The summed E-state index contributed by atoms with van der Waals surface area (Å²) in [7, 11) is -2.39. The molecule has 0 saturated carbocycles. The summed E-state index contributed by atoms with van der Waals surface area (Å²) in [4.78, 5) is 11.2. The molecule has 0 aliphatic rings. The second kappa shape index (κ2) is 6.91. The molecule has 6 nitrogen and oxygen atoms in total. The van der Waals surface area contributed by atoms with Gasteiger partial charge in [-0.15, -0.1) is 0 Å². The van der Waals surface area contributed by atoms with E-state index in [0.717, 1.165) is 6.07 Å². The maximum absolute atomic E-state index is 12.6. The molecule has 0 fully saturated rings. The number of aromatic carboxylic acids is 1. The Balaban J connectivity index is 3.37. The number of carbonyl (C=O) groups is 1. The zero-order valence-corrected chi connectivity index (χ0v) is 13.5. The van der Waals surface area contributed by atoms with Gasteiger partial charge in [0, 0.05) is 12.6 Å². The summed E-state index contributed by atoms with van der Waals surface area (Å²) < 4.78 is 31.6. The standard InChI is InChI=1S/C14H21NO5S/c1-5-8-15(10(2)3)21(18,19)11-6-7-13(20-4)12(9-11)14(16)17/h6-7,9-10H,5,8H2,1-4H3,(H,16,17). The number of rotatable bonds is 7. The van der Waals surface area contributed by atoms with Gasteiger partial charge in [-0.25, -0.2) is 13.2 Å². The number of ether oxygens (including phenoxy) is 1. The Hall–Kier alpha value is -1.60. The van der Waals surface area contributed by atoms with E-state index in [4.69, 9.17) is 9.84 Å². The molecule has 7 heteroatoms. The second-order valence-electron chi connectivity index (χ2n) is 4.88. The summed E-state index contributed by atoms with van der Waals surface area (Å²) in [5.74, 6) is -1.09. The molecule has 1 aromatic carbocycles. The van der Waals surface area contributed by atoms with Crippen molar-refractivity contribution in [3.05, 3.63) is 23.8 Å². The Morgan fingerprint density at radius 2 is 2.00 bits per heavy atom. The number of benzene rings is 1. The molecule has 0 radical (unpaired) electrons. The van der Waals surface area contributed by atoms with Gasteiger partial charge in [0.15, 0.2) is 0 Å². The van der Waals surface area contributed by atoms with Crippen LogP contribution in [0.2, 0.25) is 0 Å². The van der Waals surface area contributed by atoms with E-state index >= 15 is 0 Å². The fourth-order valence-electron chi connectivity index (χ4n) is 2.03. The average Bonchev–Trinajstić information content (AvgIpc) is 2.43. The Morgan fingerprint density at radius 1 is 1.38 bits per heavy atom. The number of methoxy groups -OCH3 is 1. The Morgan fingerprint density at radius 3 is 2.43 bits per heavy atom. The SMILES string of the molecule is CCCN(C(C)C)S(=O)(=O)c1ccc(OC)c(C(=O)O)c1. The first-order chi connectivity index (χ1) is 9.75. The Kier molecular flexibility index (Phi) is 5.74. The molecule has 0 spiro atoms. The number of carboxylic acid groups (broad SMARTS) is 1. The third-order valence-corrected chi connectivity index (χ3v) is 5.10. The quantitative estimate of drug-likeness (QED) is 0.834. The summed E-state index contributed by atoms with van der Waals surface area (Å²) in [6.45, 7) is 5.85. The van der Waals surface area contributed by atoms with Crippen molar-refractivity contribution < 1.29 is 23.1 Å². The van der Waals surface area contributed by atoms with Crippen LogP contribution in [0.15, 0.2) is 23.1 Å². The van der Waals surface area contributed by atoms with E-state index in [-0.39, 0.29) is 22.3 Å². The first-order valence-electron chi connectivity index (χ1n) is 6.68. The molecule has 1 aromatic rings. The van der Waals surface area contributed by atoms with Crippen LogP contribution in [0.3, 0.4) is 0 Å². The second-order valence-corrected chi connectivity index (χ2v) is 6.77. The minimum Gasteiger partial charge on any atom is -0.496 e. The van der Waals surface area contributed by atoms with Gasteiger partial charge in [-0.05, 0) is 38.5 Å². The van der Waals surface area contributed by atoms with Gasteiger partial charge in [0.05, 0.1) is 12.0 Å². The van der Waals surface area contributed by atoms with E-state index in [1.54, 1.807) is 13.8 Å². The third-order valence-electron chi connectivity index (χ3n) is 3.03. The molecule has 0 aliphatic heterocycles. The van der Waals surface area contributed by atoms with E-state index in [0.29, 0.717) is 13.0 Å². The van der Waals surface area contributed by atoms with Crippen molar-refractivity contribution in [1.29, 1.82) is 0 Å². The highest BCUT2D eigenvalue weighted by molar-refractivity contribution is 7.89. The fourth-order valence-corrected chi connectivity index (χ4v) is 3.78. The van der Waals surface area contributed by atoms with Crippen LogP contribution in [0.1, 0.15) is 37.6 Å². The van der Waals surface area contributed by atoms with Gasteiger partial charge in [0.1, 0.15) is 11.3 Å². The van der Waals surface area contributed by atoms with Crippen LogP contribution >= 0.6 is 0 Å². The smallest absolute Gasteiger partial charge is 0.339 e. The van der Waals surface area contributed by atoms with Crippen molar-refractivity contribution in [3.63, 3.8) is 0 Å². The third kappa shape index (κ3) is 3.74. The van der Waals surface area contributed by atoms with Gasteiger partial charge < -0.3 is 9.84 Å². The lowest BCUT2D eigenvalue weighted by Gasteiger charge is -2.25. The summed E-state index contributed by atoms with van der Waals surface area (Å²) in [6.07, 6.45) is 0.680. The van der Waals surface area contributed by atoms with Crippen molar-refractivity contribution in [2.75, 3.05) is 13.7 Å². The van der Waals surface area contributed by atoms with Crippen LogP contribution in [0.5, 0.6) is 5.75 Å². The summed E-state index contributed by atoms with van der Waals surface area (Å²) in [6, 6.07) is 3.67. The Labute approximate surface area is 125 Å². The number of sulfonamides is 1. The summed E-state index contributed by atoms with van der Waals surface area (Å²) in [5.41, 5.74) is -0.168. The van der Waals surface area contributed by atoms with Crippen molar-refractivity contribution >= 4 is 16.0 Å². The van der Waals surface area contributed by atoms with Crippen LogP contribution in [0.4, 0.5) is 0 Å². The lowest BCUT2D eigenvalue weighted by atomic mass is 10.2. The molecule has 0 unspecified atom stereocenters. The molecule has 0 aromatic heterocycles. The van der Waals surface area contributed by atoms with Crippen molar-refractivity contribution in [1.82, 2.24) is 4.31 Å². The molecular formula is C14H21NO5S. The van der Waals surface area contributed by atoms with Gasteiger partial charge >= 0.3 is 5.97 Å². The topological polar surface area (TPSA) is 83.9 Å². The zero-order chi connectivity index (χ0) is 16.2. The van der Waals surface area contributed by atoms with Crippen LogP contribution in [0, 0.1) is 0 Å². The van der Waals surface area contributed by atoms with Gasteiger partial charge in [-0.2, -0.15) is 4.31 Å². The lowest BCUT2D eigenvalue weighted by Crippen LogP contribution is -2.37. The maximum Gasteiger partial charge on any atom is 0.339 e. The van der Waals surface area contributed by atoms with E-state index in [1.807, 2.05) is 6.92 Å². The predicted molar refractivity (Wildman–Crippen MR) is 79.3 cm³/mol. The zero-order valence-electron chi connectivity index (χ0n) is 12.7. The average molecular weight is 315 g/mol. The van der Waals surface area contributed by atoms with Crippen LogP contribution < -0.4 is 4.74 Å². The monoisotopic (exact) mass is 315 g/mol. The molecule has 118 valence electrons. The summed E-state index contributed by atoms with van der Waals surface area (Å²) in [5, 5.41) is 9.15.